The van der Waals surface area contributed by atoms with E-state index < -0.39 is 41.4 Å². The van der Waals surface area contributed by atoms with E-state index in [1.807, 2.05) is 0 Å². The molecule has 2 aromatic carbocycles. The lowest BCUT2D eigenvalue weighted by atomic mass is 10.1. The van der Waals surface area contributed by atoms with Crippen molar-refractivity contribution in [2.75, 3.05) is 19.0 Å². The first-order valence-electron chi connectivity index (χ1n) is 8.98. The maximum absolute atomic E-state index is 13.1. The van der Waals surface area contributed by atoms with Gasteiger partial charge in [0, 0.05) is 11.6 Å². The summed E-state index contributed by atoms with van der Waals surface area (Å²) in [6, 6.07) is 10.7. The van der Waals surface area contributed by atoms with E-state index in [-0.39, 0.29) is 17.7 Å². The van der Waals surface area contributed by atoms with Crippen LogP contribution in [0.3, 0.4) is 0 Å². The number of ether oxygens (including phenoxy) is 2. The van der Waals surface area contributed by atoms with Crippen LogP contribution >= 0.6 is 0 Å². The number of halogens is 3. The second-order valence-electron chi connectivity index (χ2n) is 6.42. The summed E-state index contributed by atoms with van der Waals surface area (Å²) >= 11 is 0. The molecule has 3 rings (SSSR count). The molecule has 31 heavy (non-hydrogen) atoms. The molecule has 0 unspecified atom stereocenters. The lowest BCUT2D eigenvalue weighted by Crippen LogP contribution is -2.28. The Morgan fingerprint density at radius 2 is 1.77 bits per heavy atom. The number of alkyl halides is 3. The third-order valence-electron chi connectivity index (χ3n) is 4.37. The van der Waals surface area contributed by atoms with Crippen molar-refractivity contribution in [2.45, 2.75) is 12.7 Å². The number of carbonyl (C=O) groups is 2. The van der Waals surface area contributed by atoms with Crippen molar-refractivity contribution >= 4 is 28.3 Å². The molecule has 0 aliphatic rings. The molecule has 0 spiro atoms. The van der Waals surface area contributed by atoms with Gasteiger partial charge in [-0.15, -0.1) is 0 Å². The fourth-order valence-corrected chi connectivity index (χ4v) is 2.92. The number of aromatic nitrogens is 1. The monoisotopic (exact) mass is 434 g/mol. The Bertz CT molecular complexity index is 1190. The van der Waals surface area contributed by atoms with Gasteiger partial charge in [-0.2, -0.15) is 13.2 Å². The lowest BCUT2D eigenvalue weighted by Gasteiger charge is -2.14. The Kier molecular flexibility index (Phi) is 6.28. The van der Waals surface area contributed by atoms with Gasteiger partial charge in [-0.3, -0.25) is 9.59 Å². The fraction of sp³-hybridized carbons (Fsp3) is 0.190. The minimum absolute atomic E-state index is 0.216. The first-order chi connectivity index (χ1) is 14.7. The highest BCUT2D eigenvalue weighted by Gasteiger charge is 2.33. The molecule has 0 saturated carbocycles. The molecule has 0 aliphatic heterocycles. The number of rotatable bonds is 6. The van der Waals surface area contributed by atoms with E-state index in [1.165, 1.54) is 37.6 Å². The molecule has 0 radical (unpaired) electrons. The Hall–Kier alpha value is -3.82. The van der Waals surface area contributed by atoms with E-state index >= 15 is 0 Å². The van der Waals surface area contributed by atoms with Crippen molar-refractivity contribution in [2.24, 2.45) is 0 Å². The minimum Gasteiger partial charge on any atom is -0.481 e. The van der Waals surface area contributed by atoms with Crippen molar-refractivity contribution in [3.63, 3.8) is 0 Å². The smallest absolute Gasteiger partial charge is 0.418 e. The Labute approximate surface area is 174 Å². The first-order valence-corrected chi connectivity index (χ1v) is 8.98. The highest BCUT2D eigenvalue weighted by atomic mass is 19.4. The minimum atomic E-state index is -4.63. The quantitative estimate of drug-likeness (QED) is 0.602. The number of pyridine rings is 1. The summed E-state index contributed by atoms with van der Waals surface area (Å²) in [6.07, 6.45) is -3.31. The third kappa shape index (κ3) is 5.03. The average Bonchev–Trinajstić information content (AvgIpc) is 2.73. The number of benzene rings is 2. The average molecular weight is 434 g/mol. The molecule has 0 atom stereocenters. The first kappa shape index (κ1) is 21.9. The second kappa shape index (κ2) is 8.90. The molecule has 1 N–H and O–H groups in total. The molecule has 10 heteroatoms. The standard InChI is InChI=1S/C21H17F3N2O5/c1-30-19(28)12-31-17-8-4-5-14-13(17)9-10-26(20(14)29)11-18(27)25-16-7-3-2-6-15(16)21(22,23)24/h2-10H,11-12H2,1H3,(H,25,27). The summed E-state index contributed by atoms with van der Waals surface area (Å²) in [5, 5.41) is 2.83. The van der Waals surface area contributed by atoms with Gasteiger partial charge in [-0.05, 0) is 30.3 Å². The lowest BCUT2D eigenvalue weighted by molar-refractivity contribution is -0.143. The number of esters is 1. The number of nitrogens with zero attached hydrogens (tertiary/aromatic N) is 1. The van der Waals surface area contributed by atoms with Crippen molar-refractivity contribution in [1.29, 1.82) is 0 Å². The Morgan fingerprint density at radius 1 is 1.03 bits per heavy atom. The number of methoxy groups -OCH3 is 1. The maximum atomic E-state index is 13.1. The predicted octanol–water partition coefficient (Wildman–Crippen LogP) is 3.21. The number of hydrogen-bond donors (Lipinski definition) is 1. The van der Waals surface area contributed by atoms with E-state index in [0.29, 0.717) is 5.39 Å². The van der Waals surface area contributed by atoms with E-state index in [2.05, 4.69) is 10.1 Å². The molecule has 0 aliphatic carbocycles. The normalized spacial score (nSPS) is 11.2. The van der Waals surface area contributed by atoms with Crippen molar-refractivity contribution in [3.8, 4) is 5.75 Å². The van der Waals surface area contributed by atoms with Gasteiger partial charge >= 0.3 is 12.1 Å². The highest BCUT2D eigenvalue weighted by molar-refractivity contribution is 5.92. The molecule has 0 bridgehead atoms. The van der Waals surface area contributed by atoms with Crippen LogP contribution in [0.2, 0.25) is 0 Å². The number of amides is 1. The highest BCUT2D eigenvalue weighted by Crippen LogP contribution is 2.34. The van der Waals surface area contributed by atoms with E-state index in [0.717, 1.165) is 16.7 Å². The summed E-state index contributed by atoms with van der Waals surface area (Å²) < 4.78 is 50.2. The van der Waals surface area contributed by atoms with Crippen LogP contribution in [0.15, 0.2) is 59.5 Å². The summed E-state index contributed by atoms with van der Waals surface area (Å²) in [5.41, 5.74) is -1.92. The van der Waals surface area contributed by atoms with E-state index in [1.54, 1.807) is 12.1 Å². The number of nitrogens with one attached hydrogen (secondary N) is 1. The van der Waals surface area contributed by atoms with Gasteiger partial charge in [0.15, 0.2) is 6.61 Å². The Balaban J connectivity index is 1.83. The van der Waals surface area contributed by atoms with Gasteiger partial charge in [0.2, 0.25) is 5.91 Å². The van der Waals surface area contributed by atoms with Crippen LogP contribution < -0.4 is 15.6 Å². The zero-order chi connectivity index (χ0) is 22.6. The van der Waals surface area contributed by atoms with E-state index in [9.17, 15) is 27.6 Å². The largest absolute Gasteiger partial charge is 0.481 e. The summed E-state index contributed by atoms with van der Waals surface area (Å²) in [4.78, 5) is 36.3. The molecule has 3 aromatic rings. The number of para-hydroxylation sites is 1. The van der Waals surface area contributed by atoms with Gasteiger partial charge in [-0.25, -0.2) is 4.79 Å². The van der Waals surface area contributed by atoms with Crippen LogP contribution in [-0.4, -0.2) is 30.2 Å². The molecule has 1 aromatic heterocycles. The number of carbonyl (C=O) groups excluding carboxylic acids is 2. The molecule has 7 nitrogen and oxygen atoms in total. The van der Waals surface area contributed by atoms with Gasteiger partial charge in [0.25, 0.3) is 5.56 Å². The molecule has 0 fully saturated rings. The van der Waals surface area contributed by atoms with Gasteiger partial charge in [0.05, 0.1) is 23.7 Å². The third-order valence-corrected chi connectivity index (χ3v) is 4.37. The van der Waals surface area contributed by atoms with Crippen molar-refractivity contribution in [3.05, 3.63) is 70.6 Å². The van der Waals surface area contributed by atoms with Gasteiger partial charge < -0.3 is 19.4 Å². The Morgan fingerprint density at radius 3 is 2.48 bits per heavy atom. The van der Waals surface area contributed by atoms with Gasteiger partial charge in [0.1, 0.15) is 12.3 Å². The van der Waals surface area contributed by atoms with Crippen molar-refractivity contribution < 1.29 is 32.2 Å². The van der Waals surface area contributed by atoms with Crippen LogP contribution in [-0.2, 0) is 27.0 Å². The maximum Gasteiger partial charge on any atom is 0.418 e. The predicted molar refractivity (Wildman–Crippen MR) is 106 cm³/mol. The zero-order valence-electron chi connectivity index (χ0n) is 16.2. The van der Waals surface area contributed by atoms with Crippen LogP contribution in [0.4, 0.5) is 18.9 Å². The van der Waals surface area contributed by atoms with Crippen molar-refractivity contribution in [1.82, 2.24) is 4.57 Å². The topological polar surface area (TPSA) is 86.6 Å². The van der Waals surface area contributed by atoms with Crippen LogP contribution in [0.1, 0.15) is 5.56 Å². The molecule has 1 heterocycles. The molecule has 1 amide bonds. The molecular formula is C21H17F3N2O5. The number of fused-ring (bicyclic) bond motifs is 1. The second-order valence-corrected chi connectivity index (χ2v) is 6.42. The number of anilines is 1. The molecule has 162 valence electrons. The molecule has 0 saturated heterocycles. The summed E-state index contributed by atoms with van der Waals surface area (Å²) in [7, 11) is 1.21. The fourth-order valence-electron chi connectivity index (χ4n) is 2.92. The van der Waals surface area contributed by atoms with Crippen LogP contribution in [0, 0.1) is 0 Å². The SMILES string of the molecule is COC(=O)COc1cccc2c(=O)n(CC(=O)Nc3ccccc3C(F)(F)F)ccc12. The van der Waals surface area contributed by atoms with Crippen LogP contribution in [0.5, 0.6) is 5.75 Å². The molecular weight excluding hydrogens is 417 g/mol. The van der Waals surface area contributed by atoms with E-state index in [4.69, 9.17) is 4.74 Å². The summed E-state index contributed by atoms with van der Waals surface area (Å²) in [6.45, 7) is -0.839. The zero-order valence-corrected chi connectivity index (χ0v) is 16.2. The van der Waals surface area contributed by atoms with Crippen LogP contribution in [0.25, 0.3) is 10.8 Å². The van der Waals surface area contributed by atoms with Gasteiger partial charge in [-0.1, -0.05) is 18.2 Å². The number of hydrogen-bond acceptors (Lipinski definition) is 5. The summed E-state index contributed by atoms with van der Waals surface area (Å²) in [5.74, 6) is -1.12.